The molecule has 1 saturated heterocycles. The van der Waals surface area contributed by atoms with E-state index in [0.717, 1.165) is 4.57 Å². The highest BCUT2D eigenvalue weighted by Gasteiger charge is 2.43. The predicted molar refractivity (Wildman–Crippen MR) is 64.5 cm³/mol. The minimum absolute atomic E-state index is 0.243. The van der Waals surface area contributed by atoms with Crippen LogP contribution in [0.2, 0.25) is 0 Å². The van der Waals surface area contributed by atoms with Crippen molar-refractivity contribution in [3.05, 3.63) is 30.6 Å². The first kappa shape index (κ1) is 12.7. The van der Waals surface area contributed by atoms with E-state index < -0.39 is 35.9 Å². The molecule has 2 heterocycles. The van der Waals surface area contributed by atoms with Gasteiger partial charge in [-0.2, -0.15) is 0 Å². The van der Waals surface area contributed by atoms with Crippen molar-refractivity contribution >= 4 is 22.6 Å². The molecule has 0 aromatic carbocycles. The average Bonchev–Trinajstić information content (AvgIpc) is 2.51. The summed E-state index contributed by atoms with van der Waals surface area (Å²) in [6.07, 6.45) is -3.69. The third-order valence-electron chi connectivity index (χ3n) is 2.63. The van der Waals surface area contributed by atoms with Gasteiger partial charge in [0.1, 0.15) is 6.10 Å². The highest BCUT2D eigenvalue weighted by atomic mass is 127. The van der Waals surface area contributed by atoms with Crippen molar-refractivity contribution in [2.75, 3.05) is 0 Å². The number of nitrogens with one attached hydrogen (secondary N) is 1. The van der Waals surface area contributed by atoms with Gasteiger partial charge in [0.05, 0.1) is 9.67 Å². The van der Waals surface area contributed by atoms with Gasteiger partial charge in [-0.05, 0) is 29.5 Å². The maximum atomic E-state index is 13.7. The number of nitrogens with zero attached hydrogens (tertiary/aromatic N) is 1. The third kappa shape index (κ3) is 2.16. The molecule has 1 unspecified atom stereocenters. The molecular weight excluding hydrogens is 346 g/mol. The summed E-state index contributed by atoms with van der Waals surface area (Å²) >= 11 is 1.73. The van der Waals surface area contributed by atoms with Crippen LogP contribution in [0.4, 0.5) is 4.39 Å². The van der Waals surface area contributed by atoms with E-state index in [1.165, 1.54) is 13.1 Å². The van der Waals surface area contributed by atoms with Crippen LogP contribution in [0.1, 0.15) is 13.2 Å². The molecule has 0 aliphatic carbocycles. The number of rotatable bonds is 1. The van der Waals surface area contributed by atoms with Crippen molar-refractivity contribution in [1.29, 1.82) is 0 Å². The second-order valence-electron chi connectivity index (χ2n) is 3.81. The minimum Gasteiger partial charge on any atom is -0.387 e. The Kier molecular flexibility index (Phi) is 3.36. The van der Waals surface area contributed by atoms with Gasteiger partial charge in [-0.3, -0.25) is 14.3 Å². The number of ether oxygens (including phenoxy) is 1. The lowest BCUT2D eigenvalue weighted by atomic mass is 10.2. The summed E-state index contributed by atoms with van der Waals surface area (Å²) in [7, 11) is 0. The van der Waals surface area contributed by atoms with Gasteiger partial charge in [-0.1, -0.05) is 0 Å². The number of aromatic amines is 1. The second kappa shape index (κ2) is 4.50. The third-order valence-corrected chi connectivity index (χ3v) is 3.40. The molecule has 1 aromatic rings. The largest absolute Gasteiger partial charge is 0.387 e. The van der Waals surface area contributed by atoms with Gasteiger partial charge in [-0.25, -0.2) is 9.18 Å². The number of aliphatic hydroxyl groups excluding tert-OH is 1. The van der Waals surface area contributed by atoms with Crippen molar-refractivity contribution < 1.29 is 14.2 Å². The molecule has 17 heavy (non-hydrogen) atoms. The summed E-state index contributed by atoms with van der Waals surface area (Å²) in [6.45, 7) is 1.51. The quantitative estimate of drug-likeness (QED) is 0.681. The minimum atomic E-state index is -1.70. The second-order valence-corrected chi connectivity index (χ2v) is 4.97. The molecule has 1 aliphatic heterocycles. The van der Waals surface area contributed by atoms with Crippen LogP contribution < -0.4 is 11.2 Å². The summed E-state index contributed by atoms with van der Waals surface area (Å²) in [5, 5.41) is 9.42. The maximum Gasteiger partial charge on any atom is 0.330 e. The first-order valence-electron chi connectivity index (χ1n) is 4.90. The van der Waals surface area contributed by atoms with Crippen LogP contribution >= 0.6 is 22.6 Å². The van der Waals surface area contributed by atoms with Gasteiger partial charge in [0, 0.05) is 6.20 Å². The van der Waals surface area contributed by atoms with Gasteiger partial charge in [0.25, 0.3) is 5.56 Å². The number of halogens is 2. The van der Waals surface area contributed by atoms with E-state index in [1.54, 1.807) is 22.6 Å². The van der Waals surface area contributed by atoms with Crippen molar-refractivity contribution in [3.8, 4) is 0 Å². The molecule has 1 fully saturated rings. The molecule has 6 nitrogen and oxygen atoms in total. The predicted octanol–water partition coefficient (Wildman–Crippen LogP) is -0.243. The highest BCUT2D eigenvalue weighted by Crippen LogP contribution is 2.30. The molecule has 0 radical (unpaired) electrons. The summed E-state index contributed by atoms with van der Waals surface area (Å²) < 4.78 is 20.0. The Morgan fingerprint density at radius 3 is 2.76 bits per heavy atom. The molecule has 0 spiro atoms. The number of hydrogen-bond donors (Lipinski definition) is 2. The molecule has 0 saturated carbocycles. The maximum absolute atomic E-state index is 13.7. The van der Waals surface area contributed by atoms with Gasteiger partial charge in [-0.15, -0.1) is 0 Å². The molecular formula is C9H10FIN2O4. The number of alkyl halides is 1. The van der Waals surface area contributed by atoms with Gasteiger partial charge < -0.3 is 9.84 Å². The lowest BCUT2D eigenvalue weighted by Crippen LogP contribution is -2.36. The number of aliphatic hydroxyl groups is 1. The lowest BCUT2D eigenvalue weighted by Gasteiger charge is -2.15. The Bertz CT molecular complexity index is 543. The van der Waals surface area contributed by atoms with Gasteiger partial charge >= 0.3 is 5.69 Å². The Morgan fingerprint density at radius 1 is 1.59 bits per heavy atom. The van der Waals surface area contributed by atoms with E-state index in [2.05, 4.69) is 4.98 Å². The van der Waals surface area contributed by atoms with Crippen LogP contribution in [0.5, 0.6) is 0 Å². The van der Waals surface area contributed by atoms with E-state index in [0.29, 0.717) is 0 Å². The van der Waals surface area contributed by atoms with E-state index in [1.807, 2.05) is 0 Å². The van der Waals surface area contributed by atoms with Gasteiger partial charge in [0.15, 0.2) is 12.4 Å². The molecule has 8 heteroatoms. The molecule has 0 bridgehead atoms. The normalized spacial score (nSPS) is 32.9. The van der Waals surface area contributed by atoms with Crippen molar-refractivity contribution in [2.24, 2.45) is 0 Å². The zero-order valence-electron chi connectivity index (χ0n) is 8.76. The number of H-pyrrole nitrogens is 1. The van der Waals surface area contributed by atoms with Crippen LogP contribution in [0.3, 0.4) is 0 Å². The molecule has 0 amide bonds. The van der Waals surface area contributed by atoms with E-state index in [-0.39, 0.29) is 3.57 Å². The average molecular weight is 356 g/mol. The highest BCUT2D eigenvalue weighted by molar-refractivity contribution is 14.1. The first-order valence-corrected chi connectivity index (χ1v) is 5.98. The van der Waals surface area contributed by atoms with Crippen LogP contribution in [0.15, 0.2) is 15.8 Å². The molecule has 1 aliphatic rings. The van der Waals surface area contributed by atoms with E-state index >= 15 is 0 Å². The van der Waals surface area contributed by atoms with Crippen molar-refractivity contribution in [2.45, 2.75) is 31.5 Å². The van der Waals surface area contributed by atoms with Crippen LogP contribution in [-0.2, 0) is 4.74 Å². The smallest absolute Gasteiger partial charge is 0.330 e. The van der Waals surface area contributed by atoms with Gasteiger partial charge in [0.2, 0.25) is 0 Å². The van der Waals surface area contributed by atoms with Crippen molar-refractivity contribution in [1.82, 2.24) is 9.55 Å². The van der Waals surface area contributed by atoms with E-state index in [9.17, 15) is 19.1 Å². The summed E-state index contributed by atoms with van der Waals surface area (Å²) in [5.74, 6) is 0. The Labute approximate surface area is 109 Å². The Hall–Kier alpha value is -0.740. The summed E-state index contributed by atoms with van der Waals surface area (Å²) in [5.41, 5.74) is -1.29. The first-order chi connectivity index (χ1) is 7.91. The van der Waals surface area contributed by atoms with E-state index in [4.69, 9.17) is 4.74 Å². The summed E-state index contributed by atoms with van der Waals surface area (Å²) in [6, 6.07) is 0. The number of aromatic nitrogens is 2. The molecule has 94 valence electrons. The molecule has 2 N–H and O–H groups in total. The summed E-state index contributed by atoms with van der Waals surface area (Å²) in [4.78, 5) is 24.7. The van der Waals surface area contributed by atoms with Crippen molar-refractivity contribution in [3.63, 3.8) is 0 Å². The Morgan fingerprint density at radius 2 is 2.24 bits per heavy atom. The number of hydrogen-bond acceptors (Lipinski definition) is 4. The topological polar surface area (TPSA) is 84.3 Å². The molecule has 1 aromatic heterocycles. The zero-order valence-corrected chi connectivity index (χ0v) is 10.9. The lowest BCUT2D eigenvalue weighted by molar-refractivity contribution is -0.0186. The fraction of sp³-hybridized carbons (Fsp3) is 0.556. The SMILES string of the molecule is CC1O[C@@H](n2cc(I)c(=O)[nH]c2=O)[C@H](F)[C@H]1O. The fourth-order valence-corrected chi connectivity index (χ4v) is 2.11. The monoisotopic (exact) mass is 356 g/mol. The molecule has 2 rings (SSSR count). The van der Waals surface area contributed by atoms with Crippen LogP contribution in [0, 0.1) is 3.57 Å². The standard InChI is InChI=1S/C9H10FIN2O4/c1-3-6(14)5(10)8(17-3)13-2-4(11)7(15)12-9(13)16/h2-3,5-6,8,14H,1H3,(H,12,15,16)/t3?,5-,6+,8-/m1/s1. The fourth-order valence-electron chi connectivity index (χ4n) is 1.67. The van der Waals surface area contributed by atoms with Crippen LogP contribution in [0.25, 0.3) is 0 Å². The van der Waals surface area contributed by atoms with Crippen LogP contribution in [-0.4, -0.2) is 33.0 Å². The zero-order chi connectivity index (χ0) is 12.7. The molecule has 4 atom stereocenters. The Balaban J connectivity index is 2.46.